The van der Waals surface area contributed by atoms with Gasteiger partial charge in [0.15, 0.2) is 0 Å². The molecule has 1 fully saturated rings. The van der Waals surface area contributed by atoms with Crippen molar-refractivity contribution in [2.45, 2.75) is 25.8 Å². The van der Waals surface area contributed by atoms with E-state index in [2.05, 4.69) is 10.3 Å². The first-order chi connectivity index (χ1) is 8.16. The van der Waals surface area contributed by atoms with Crippen LogP contribution in [0.4, 0.5) is 11.5 Å². The number of aromatic nitrogens is 1. The molecule has 0 saturated carbocycles. The summed E-state index contributed by atoms with van der Waals surface area (Å²) in [5.74, 6) is 3.04. The fourth-order valence-electron chi connectivity index (χ4n) is 1.88. The van der Waals surface area contributed by atoms with E-state index in [1.807, 2.05) is 11.8 Å². The van der Waals surface area contributed by atoms with E-state index in [4.69, 9.17) is 0 Å². The predicted molar refractivity (Wildman–Crippen MR) is 69.6 cm³/mol. The zero-order valence-corrected chi connectivity index (χ0v) is 10.5. The molecular weight excluding hydrogens is 238 g/mol. The minimum Gasteiger partial charge on any atom is -0.366 e. The molecule has 0 radical (unpaired) electrons. The van der Waals surface area contributed by atoms with Gasteiger partial charge in [-0.1, -0.05) is 0 Å². The molecule has 6 heteroatoms. The summed E-state index contributed by atoms with van der Waals surface area (Å²) in [6.45, 7) is 1.74. The number of nitrogens with one attached hydrogen (secondary N) is 1. The molecule has 1 aliphatic heterocycles. The van der Waals surface area contributed by atoms with Gasteiger partial charge in [0.1, 0.15) is 12.0 Å². The van der Waals surface area contributed by atoms with Crippen molar-refractivity contribution in [3.05, 3.63) is 27.9 Å². The molecule has 0 bridgehead atoms. The Kier molecular flexibility index (Phi) is 3.83. The van der Waals surface area contributed by atoms with Gasteiger partial charge in [-0.2, -0.15) is 11.8 Å². The van der Waals surface area contributed by atoms with Gasteiger partial charge in [-0.25, -0.2) is 4.98 Å². The number of hydrogen-bond donors (Lipinski definition) is 1. The SMILES string of the molecule is Cc1cc(NC2CCCSC2)ncc1[N+](=O)[O-]. The highest BCUT2D eigenvalue weighted by Crippen LogP contribution is 2.23. The summed E-state index contributed by atoms with van der Waals surface area (Å²) in [7, 11) is 0. The molecular formula is C11H15N3O2S. The van der Waals surface area contributed by atoms with Crippen LogP contribution in [0.2, 0.25) is 0 Å². The Bertz CT molecular complexity index is 419. The van der Waals surface area contributed by atoms with E-state index in [0.29, 0.717) is 11.6 Å². The van der Waals surface area contributed by atoms with Gasteiger partial charge in [0, 0.05) is 17.4 Å². The first-order valence-electron chi connectivity index (χ1n) is 5.62. The standard InChI is InChI=1S/C11H15N3O2S/c1-8-5-11(12-6-10(8)14(15)16)13-9-3-2-4-17-7-9/h5-6,9H,2-4,7H2,1H3,(H,12,13). The molecule has 5 nitrogen and oxygen atoms in total. The third-order valence-electron chi connectivity index (χ3n) is 2.79. The highest BCUT2D eigenvalue weighted by molar-refractivity contribution is 7.99. The summed E-state index contributed by atoms with van der Waals surface area (Å²) in [5, 5.41) is 14.0. The molecule has 1 aromatic rings. The molecule has 0 aliphatic carbocycles. The van der Waals surface area contributed by atoms with Crippen molar-refractivity contribution in [1.82, 2.24) is 4.98 Å². The number of nitrogens with zero attached hydrogens (tertiary/aromatic N) is 2. The second-order valence-electron chi connectivity index (χ2n) is 4.17. The maximum Gasteiger partial charge on any atom is 0.290 e. The normalized spacial score (nSPS) is 19.9. The zero-order valence-electron chi connectivity index (χ0n) is 9.68. The van der Waals surface area contributed by atoms with Crippen LogP contribution in [-0.4, -0.2) is 27.5 Å². The fourth-order valence-corrected chi connectivity index (χ4v) is 2.95. The van der Waals surface area contributed by atoms with Crippen LogP contribution in [0.3, 0.4) is 0 Å². The van der Waals surface area contributed by atoms with Crippen LogP contribution >= 0.6 is 11.8 Å². The van der Waals surface area contributed by atoms with Crippen LogP contribution in [0.15, 0.2) is 12.3 Å². The lowest BCUT2D eigenvalue weighted by Crippen LogP contribution is -2.26. The van der Waals surface area contributed by atoms with E-state index in [1.54, 1.807) is 13.0 Å². The lowest BCUT2D eigenvalue weighted by molar-refractivity contribution is -0.385. The molecule has 1 aromatic heterocycles. The largest absolute Gasteiger partial charge is 0.366 e. The molecule has 0 amide bonds. The molecule has 1 unspecified atom stereocenters. The maximum absolute atomic E-state index is 10.7. The van der Waals surface area contributed by atoms with E-state index in [9.17, 15) is 10.1 Å². The molecule has 0 spiro atoms. The van der Waals surface area contributed by atoms with Crippen molar-refractivity contribution in [2.75, 3.05) is 16.8 Å². The third kappa shape index (κ3) is 3.09. The molecule has 1 N–H and O–H groups in total. The first-order valence-corrected chi connectivity index (χ1v) is 6.77. The van der Waals surface area contributed by atoms with Gasteiger partial charge in [0.25, 0.3) is 5.69 Å². The molecule has 2 rings (SSSR count). The number of rotatable bonds is 3. The van der Waals surface area contributed by atoms with Crippen molar-refractivity contribution in [3.8, 4) is 0 Å². The van der Waals surface area contributed by atoms with Crippen molar-refractivity contribution in [1.29, 1.82) is 0 Å². The lowest BCUT2D eigenvalue weighted by atomic mass is 10.2. The summed E-state index contributed by atoms with van der Waals surface area (Å²) in [4.78, 5) is 14.4. The zero-order chi connectivity index (χ0) is 12.3. The summed E-state index contributed by atoms with van der Waals surface area (Å²) in [6, 6.07) is 2.18. The lowest BCUT2D eigenvalue weighted by Gasteiger charge is -2.22. The predicted octanol–water partition coefficient (Wildman–Crippen LogP) is 2.61. The maximum atomic E-state index is 10.7. The number of hydrogen-bond acceptors (Lipinski definition) is 5. The van der Waals surface area contributed by atoms with Crippen LogP contribution in [0.5, 0.6) is 0 Å². The van der Waals surface area contributed by atoms with E-state index in [1.165, 1.54) is 18.4 Å². The summed E-state index contributed by atoms with van der Waals surface area (Å²) in [5.41, 5.74) is 0.726. The molecule has 1 atom stereocenters. The van der Waals surface area contributed by atoms with E-state index < -0.39 is 4.92 Å². The number of aryl methyl sites for hydroxylation is 1. The average Bonchev–Trinajstić information content (AvgIpc) is 2.30. The van der Waals surface area contributed by atoms with Crippen LogP contribution in [0, 0.1) is 17.0 Å². The topological polar surface area (TPSA) is 68.1 Å². The number of pyridine rings is 1. The number of anilines is 1. The van der Waals surface area contributed by atoms with E-state index >= 15 is 0 Å². The highest BCUT2D eigenvalue weighted by Gasteiger charge is 2.16. The van der Waals surface area contributed by atoms with Gasteiger partial charge in [0.05, 0.1) is 4.92 Å². The first kappa shape index (κ1) is 12.2. The Morgan fingerprint density at radius 3 is 3.06 bits per heavy atom. The van der Waals surface area contributed by atoms with Gasteiger partial charge in [-0.05, 0) is 31.6 Å². The smallest absolute Gasteiger partial charge is 0.290 e. The third-order valence-corrected chi connectivity index (χ3v) is 4.01. The molecule has 92 valence electrons. The van der Waals surface area contributed by atoms with Gasteiger partial charge in [0.2, 0.25) is 0 Å². The Labute approximate surface area is 104 Å². The molecule has 0 aromatic carbocycles. The van der Waals surface area contributed by atoms with Gasteiger partial charge >= 0.3 is 0 Å². The van der Waals surface area contributed by atoms with E-state index in [0.717, 1.165) is 18.0 Å². The Morgan fingerprint density at radius 1 is 1.65 bits per heavy atom. The summed E-state index contributed by atoms with van der Waals surface area (Å²) >= 11 is 1.94. The molecule has 17 heavy (non-hydrogen) atoms. The van der Waals surface area contributed by atoms with Crippen LogP contribution in [0.1, 0.15) is 18.4 Å². The Morgan fingerprint density at radius 2 is 2.47 bits per heavy atom. The highest BCUT2D eigenvalue weighted by atomic mass is 32.2. The minimum atomic E-state index is -0.400. The van der Waals surface area contributed by atoms with Crippen molar-refractivity contribution >= 4 is 23.3 Å². The second kappa shape index (κ2) is 5.35. The van der Waals surface area contributed by atoms with Gasteiger partial charge < -0.3 is 5.32 Å². The monoisotopic (exact) mass is 253 g/mol. The fraction of sp³-hybridized carbons (Fsp3) is 0.545. The van der Waals surface area contributed by atoms with Crippen molar-refractivity contribution in [2.24, 2.45) is 0 Å². The van der Waals surface area contributed by atoms with Crippen LogP contribution < -0.4 is 5.32 Å². The average molecular weight is 253 g/mol. The Hall–Kier alpha value is -1.30. The van der Waals surface area contributed by atoms with Gasteiger partial charge in [-0.15, -0.1) is 0 Å². The minimum absolute atomic E-state index is 0.0774. The van der Waals surface area contributed by atoms with Crippen LogP contribution in [-0.2, 0) is 0 Å². The molecule has 1 aliphatic rings. The summed E-state index contributed by atoms with van der Waals surface area (Å²) in [6.07, 6.45) is 3.69. The number of thioether (sulfide) groups is 1. The van der Waals surface area contributed by atoms with Gasteiger partial charge in [-0.3, -0.25) is 10.1 Å². The Balaban J connectivity index is 2.06. The van der Waals surface area contributed by atoms with Crippen molar-refractivity contribution in [3.63, 3.8) is 0 Å². The second-order valence-corrected chi connectivity index (χ2v) is 5.32. The quantitative estimate of drug-likeness (QED) is 0.662. The molecule has 2 heterocycles. The van der Waals surface area contributed by atoms with E-state index in [-0.39, 0.29) is 5.69 Å². The van der Waals surface area contributed by atoms with Crippen molar-refractivity contribution < 1.29 is 4.92 Å². The number of nitro groups is 1. The summed E-state index contributed by atoms with van der Waals surface area (Å²) < 4.78 is 0. The van der Waals surface area contributed by atoms with Crippen LogP contribution in [0.25, 0.3) is 0 Å². The molecule has 1 saturated heterocycles.